The summed E-state index contributed by atoms with van der Waals surface area (Å²) in [6.07, 6.45) is 0.102. The van der Waals surface area contributed by atoms with Crippen molar-refractivity contribution >= 4 is 23.5 Å². The molecule has 0 aliphatic heterocycles. The zero-order valence-electron chi connectivity index (χ0n) is 9.81. The predicted molar refractivity (Wildman–Crippen MR) is 66.7 cm³/mol. The zero-order chi connectivity index (χ0) is 13.8. The van der Waals surface area contributed by atoms with Crippen LogP contribution in [-0.2, 0) is 16.0 Å². The molecule has 1 rings (SSSR count). The summed E-state index contributed by atoms with van der Waals surface area (Å²) in [6, 6.07) is 6.12. The lowest BCUT2D eigenvalue weighted by Gasteiger charge is -2.26. The van der Waals surface area contributed by atoms with Crippen LogP contribution in [0, 0.1) is 0 Å². The van der Waals surface area contributed by atoms with Crippen molar-refractivity contribution in [2.75, 3.05) is 5.88 Å². The monoisotopic (exact) mass is 271 g/mol. The second-order valence-corrected chi connectivity index (χ2v) is 4.43. The first-order valence-corrected chi connectivity index (χ1v) is 5.79. The topological polar surface area (TPSA) is 86.6 Å². The van der Waals surface area contributed by atoms with Crippen molar-refractivity contribution < 1.29 is 19.8 Å². The number of phenols is 1. The summed E-state index contributed by atoms with van der Waals surface area (Å²) in [5.41, 5.74) is -0.740. The number of hydrogen-bond donors (Lipinski definition) is 3. The van der Waals surface area contributed by atoms with E-state index in [1.54, 1.807) is 12.1 Å². The molecule has 18 heavy (non-hydrogen) atoms. The van der Waals surface area contributed by atoms with Crippen LogP contribution in [0.1, 0.15) is 12.5 Å². The predicted octanol–water partition coefficient (Wildman–Crippen LogP) is 1.13. The van der Waals surface area contributed by atoms with E-state index in [-0.39, 0.29) is 18.1 Å². The van der Waals surface area contributed by atoms with Gasteiger partial charge in [0.25, 0.3) is 0 Å². The van der Waals surface area contributed by atoms with Crippen molar-refractivity contribution in [3.63, 3.8) is 0 Å². The first-order chi connectivity index (χ1) is 8.37. The van der Waals surface area contributed by atoms with Crippen LogP contribution < -0.4 is 5.32 Å². The highest BCUT2D eigenvalue weighted by Gasteiger charge is 2.34. The third kappa shape index (κ3) is 3.63. The van der Waals surface area contributed by atoms with E-state index in [1.165, 1.54) is 19.1 Å². The third-order valence-electron chi connectivity index (χ3n) is 2.50. The Morgan fingerprint density at radius 1 is 1.33 bits per heavy atom. The smallest absolute Gasteiger partial charge is 0.329 e. The van der Waals surface area contributed by atoms with Crippen molar-refractivity contribution in [1.82, 2.24) is 5.32 Å². The van der Waals surface area contributed by atoms with Gasteiger partial charge in [-0.3, -0.25) is 4.79 Å². The molecule has 0 saturated carbocycles. The zero-order valence-corrected chi connectivity index (χ0v) is 10.6. The molecule has 1 amide bonds. The molecule has 98 valence electrons. The number of carbonyl (C=O) groups excluding carboxylic acids is 1. The van der Waals surface area contributed by atoms with Crippen LogP contribution in [0.2, 0.25) is 0 Å². The maximum absolute atomic E-state index is 11.2. The summed E-state index contributed by atoms with van der Waals surface area (Å²) >= 11 is 5.35. The number of rotatable bonds is 5. The maximum atomic E-state index is 11.2. The highest BCUT2D eigenvalue weighted by atomic mass is 35.5. The largest absolute Gasteiger partial charge is 0.508 e. The number of amides is 1. The van der Waals surface area contributed by atoms with Gasteiger partial charge in [-0.15, -0.1) is 11.6 Å². The van der Waals surface area contributed by atoms with Crippen LogP contribution >= 0.6 is 11.6 Å². The fourth-order valence-electron chi connectivity index (χ4n) is 1.54. The van der Waals surface area contributed by atoms with Gasteiger partial charge in [0.1, 0.15) is 17.2 Å². The molecule has 1 atom stereocenters. The SMILES string of the molecule is CC(Cc1ccc(O)cc1)(NC(=O)CCl)C(=O)O. The minimum absolute atomic E-state index is 0.0978. The molecule has 1 aromatic rings. The molecule has 0 heterocycles. The highest BCUT2D eigenvalue weighted by Crippen LogP contribution is 2.17. The minimum atomic E-state index is -1.43. The Morgan fingerprint density at radius 3 is 2.33 bits per heavy atom. The van der Waals surface area contributed by atoms with Crippen LogP contribution in [-0.4, -0.2) is 33.5 Å². The van der Waals surface area contributed by atoms with Gasteiger partial charge in [-0.25, -0.2) is 4.79 Å². The van der Waals surface area contributed by atoms with Crippen molar-refractivity contribution in [1.29, 1.82) is 0 Å². The minimum Gasteiger partial charge on any atom is -0.508 e. The van der Waals surface area contributed by atoms with Gasteiger partial charge in [-0.1, -0.05) is 12.1 Å². The third-order valence-corrected chi connectivity index (χ3v) is 2.75. The number of halogens is 1. The molecule has 5 nitrogen and oxygen atoms in total. The number of nitrogens with one attached hydrogen (secondary N) is 1. The molecule has 0 fully saturated rings. The van der Waals surface area contributed by atoms with Crippen LogP contribution in [0.25, 0.3) is 0 Å². The summed E-state index contributed by atoms with van der Waals surface area (Å²) in [5, 5.41) is 20.7. The van der Waals surface area contributed by atoms with E-state index in [2.05, 4.69) is 5.32 Å². The quantitative estimate of drug-likeness (QED) is 0.701. The molecule has 0 aliphatic rings. The number of carbonyl (C=O) groups is 2. The Kier molecular flexibility index (Phi) is 4.55. The Labute approximate surface area is 109 Å². The average Bonchev–Trinajstić information content (AvgIpc) is 2.31. The van der Waals surface area contributed by atoms with Crippen molar-refractivity contribution in [2.24, 2.45) is 0 Å². The van der Waals surface area contributed by atoms with Crippen LogP contribution in [0.3, 0.4) is 0 Å². The molecule has 0 saturated heterocycles. The number of hydrogen-bond acceptors (Lipinski definition) is 3. The lowest BCUT2D eigenvalue weighted by molar-refractivity contribution is -0.146. The Morgan fingerprint density at radius 2 is 1.89 bits per heavy atom. The van der Waals surface area contributed by atoms with E-state index in [1.807, 2.05) is 0 Å². The van der Waals surface area contributed by atoms with Gasteiger partial charge in [0.2, 0.25) is 5.91 Å². The molecule has 0 spiro atoms. The number of phenolic OH excluding ortho intramolecular Hbond substituents is 1. The fraction of sp³-hybridized carbons (Fsp3) is 0.333. The molecule has 6 heteroatoms. The summed E-state index contributed by atoms with van der Waals surface area (Å²) < 4.78 is 0. The second-order valence-electron chi connectivity index (χ2n) is 4.16. The van der Waals surface area contributed by atoms with Crippen molar-refractivity contribution in [2.45, 2.75) is 18.9 Å². The van der Waals surface area contributed by atoms with Crippen LogP contribution in [0.4, 0.5) is 0 Å². The number of benzene rings is 1. The van der Waals surface area contributed by atoms with Gasteiger partial charge in [-0.05, 0) is 24.6 Å². The molecule has 1 aromatic carbocycles. The summed E-state index contributed by atoms with van der Waals surface area (Å²) in [5.74, 6) is -1.88. The van der Waals surface area contributed by atoms with Gasteiger partial charge >= 0.3 is 5.97 Å². The van der Waals surface area contributed by atoms with Gasteiger partial charge in [0.15, 0.2) is 0 Å². The highest BCUT2D eigenvalue weighted by molar-refractivity contribution is 6.27. The van der Waals surface area contributed by atoms with Gasteiger partial charge in [0, 0.05) is 6.42 Å². The Balaban J connectivity index is 2.89. The van der Waals surface area contributed by atoms with E-state index in [0.717, 1.165) is 0 Å². The van der Waals surface area contributed by atoms with E-state index in [9.17, 15) is 14.7 Å². The summed E-state index contributed by atoms with van der Waals surface area (Å²) in [7, 11) is 0. The molecular weight excluding hydrogens is 258 g/mol. The van der Waals surface area contributed by atoms with Gasteiger partial charge in [0.05, 0.1) is 0 Å². The first kappa shape index (κ1) is 14.3. The Bertz CT molecular complexity index is 446. The van der Waals surface area contributed by atoms with E-state index in [4.69, 9.17) is 16.7 Å². The number of carboxylic acids is 1. The van der Waals surface area contributed by atoms with Gasteiger partial charge < -0.3 is 15.5 Å². The molecule has 0 radical (unpaired) electrons. The number of aliphatic carboxylic acids is 1. The second kappa shape index (κ2) is 5.73. The number of aromatic hydroxyl groups is 1. The molecule has 0 bridgehead atoms. The van der Waals surface area contributed by atoms with Crippen LogP contribution in [0.15, 0.2) is 24.3 Å². The molecule has 0 aromatic heterocycles. The van der Waals surface area contributed by atoms with Crippen molar-refractivity contribution in [3.8, 4) is 5.75 Å². The first-order valence-electron chi connectivity index (χ1n) is 5.25. The molecule has 3 N–H and O–H groups in total. The lowest BCUT2D eigenvalue weighted by atomic mass is 9.92. The van der Waals surface area contributed by atoms with E-state index >= 15 is 0 Å². The van der Waals surface area contributed by atoms with Gasteiger partial charge in [-0.2, -0.15) is 0 Å². The van der Waals surface area contributed by atoms with Crippen LogP contribution in [0.5, 0.6) is 5.75 Å². The fourth-order valence-corrected chi connectivity index (χ4v) is 1.60. The number of carboxylic acid groups (broad SMARTS) is 1. The summed E-state index contributed by atoms with van der Waals surface area (Å²) in [6.45, 7) is 1.41. The molecule has 0 aliphatic carbocycles. The van der Waals surface area contributed by atoms with E-state index < -0.39 is 17.4 Å². The standard InChI is InChI=1S/C12H14ClNO4/c1-12(11(17)18,14-10(16)7-13)6-8-2-4-9(15)5-3-8/h2-5,15H,6-7H2,1H3,(H,14,16)(H,17,18). The average molecular weight is 272 g/mol. The summed E-state index contributed by atoms with van der Waals surface area (Å²) in [4.78, 5) is 22.5. The molecule has 1 unspecified atom stereocenters. The lowest BCUT2D eigenvalue weighted by Crippen LogP contribution is -2.54. The number of alkyl halides is 1. The molecular formula is C12H14ClNO4. The maximum Gasteiger partial charge on any atom is 0.329 e. The van der Waals surface area contributed by atoms with Crippen molar-refractivity contribution in [3.05, 3.63) is 29.8 Å². The normalized spacial score (nSPS) is 13.7. The Hall–Kier alpha value is -1.75. The van der Waals surface area contributed by atoms with E-state index in [0.29, 0.717) is 5.56 Å².